The largest absolute Gasteiger partial charge is 0.490 e. The summed E-state index contributed by atoms with van der Waals surface area (Å²) in [6.45, 7) is 6.38. The molecule has 0 radical (unpaired) electrons. The SMILES string of the molecule is COc1ccc(CSCC(=O)N(C2CC2)C(C)C(C)C)cc1[N+](=O)[O-]. The highest BCUT2D eigenvalue weighted by Gasteiger charge is 2.36. The normalized spacial score (nSPS) is 15.1. The summed E-state index contributed by atoms with van der Waals surface area (Å²) >= 11 is 1.50. The van der Waals surface area contributed by atoms with Crippen molar-refractivity contribution in [2.24, 2.45) is 5.92 Å². The molecule has 0 spiro atoms. The van der Waals surface area contributed by atoms with Gasteiger partial charge in [-0.05, 0) is 37.3 Å². The Morgan fingerprint density at radius 2 is 2.08 bits per heavy atom. The number of thioether (sulfide) groups is 1. The number of hydrogen-bond acceptors (Lipinski definition) is 5. The van der Waals surface area contributed by atoms with Crippen LogP contribution >= 0.6 is 11.8 Å². The molecular formula is C18H26N2O4S. The minimum atomic E-state index is -0.447. The van der Waals surface area contributed by atoms with Crippen molar-refractivity contribution in [2.75, 3.05) is 12.9 Å². The molecule has 25 heavy (non-hydrogen) atoms. The number of carbonyl (C=O) groups is 1. The number of amides is 1. The van der Waals surface area contributed by atoms with E-state index < -0.39 is 4.92 Å². The van der Waals surface area contributed by atoms with E-state index >= 15 is 0 Å². The van der Waals surface area contributed by atoms with Gasteiger partial charge >= 0.3 is 5.69 Å². The zero-order valence-electron chi connectivity index (χ0n) is 15.2. The summed E-state index contributed by atoms with van der Waals surface area (Å²) in [5.41, 5.74) is 0.778. The number of rotatable bonds is 9. The van der Waals surface area contributed by atoms with E-state index in [1.807, 2.05) is 4.90 Å². The van der Waals surface area contributed by atoms with Gasteiger partial charge in [-0.2, -0.15) is 0 Å². The summed E-state index contributed by atoms with van der Waals surface area (Å²) < 4.78 is 5.01. The van der Waals surface area contributed by atoms with Crippen molar-refractivity contribution in [3.8, 4) is 5.75 Å². The van der Waals surface area contributed by atoms with Gasteiger partial charge in [-0.1, -0.05) is 19.9 Å². The van der Waals surface area contributed by atoms with E-state index in [-0.39, 0.29) is 23.4 Å². The van der Waals surface area contributed by atoms with E-state index in [2.05, 4.69) is 20.8 Å². The predicted octanol–water partition coefficient (Wildman–Crippen LogP) is 3.87. The second-order valence-electron chi connectivity index (χ2n) is 6.77. The van der Waals surface area contributed by atoms with Crippen LogP contribution in [-0.2, 0) is 10.5 Å². The van der Waals surface area contributed by atoms with Gasteiger partial charge in [0.2, 0.25) is 5.91 Å². The van der Waals surface area contributed by atoms with Gasteiger partial charge in [-0.3, -0.25) is 14.9 Å². The van der Waals surface area contributed by atoms with Gasteiger partial charge in [0, 0.05) is 23.9 Å². The van der Waals surface area contributed by atoms with Crippen LogP contribution in [0, 0.1) is 16.0 Å². The number of ether oxygens (including phenoxy) is 1. The molecule has 1 saturated carbocycles. The van der Waals surface area contributed by atoms with Crippen LogP contribution in [0.15, 0.2) is 18.2 Å². The first-order valence-electron chi connectivity index (χ1n) is 8.55. The van der Waals surface area contributed by atoms with Gasteiger partial charge in [-0.25, -0.2) is 0 Å². The molecule has 1 aromatic carbocycles. The molecule has 1 unspecified atom stereocenters. The first-order valence-corrected chi connectivity index (χ1v) is 9.70. The molecule has 1 aromatic rings. The van der Waals surface area contributed by atoms with Crippen molar-refractivity contribution in [1.29, 1.82) is 0 Å². The fourth-order valence-corrected chi connectivity index (χ4v) is 3.58. The van der Waals surface area contributed by atoms with Crippen LogP contribution in [-0.4, -0.2) is 40.7 Å². The number of nitro groups is 1. The van der Waals surface area contributed by atoms with Crippen LogP contribution in [0.2, 0.25) is 0 Å². The van der Waals surface area contributed by atoms with Gasteiger partial charge in [0.25, 0.3) is 0 Å². The van der Waals surface area contributed by atoms with E-state index in [0.717, 1.165) is 18.4 Å². The summed E-state index contributed by atoms with van der Waals surface area (Å²) in [5, 5.41) is 11.1. The lowest BCUT2D eigenvalue weighted by Gasteiger charge is -2.32. The van der Waals surface area contributed by atoms with E-state index in [1.54, 1.807) is 12.1 Å². The van der Waals surface area contributed by atoms with Crippen molar-refractivity contribution >= 4 is 23.4 Å². The van der Waals surface area contributed by atoms with Gasteiger partial charge in [0.1, 0.15) is 0 Å². The maximum atomic E-state index is 12.6. The lowest BCUT2D eigenvalue weighted by molar-refractivity contribution is -0.385. The molecular weight excluding hydrogens is 340 g/mol. The van der Waals surface area contributed by atoms with E-state index in [0.29, 0.717) is 23.5 Å². The molecule has 1 aliphatic carbocycles. The quantitative estimate of drug-likeness (QED) is 0.490. The lowest BCUT2D eigenvalue weighted by Crippen LogP contribution is -2.44. The highest BCUT2D eigenvalue weighted by molar-refractivity contribution is 7.99. The van der Waals surface area contributed by atoms with Crippen LogP contribution in [0.25, 0.3) is 0 Å². The van der Waals surface area contributed by atoms with Gasteiger partial charge in [-0.15, -0.1) is 11.8 Å². The van der Waals surface area contributed by atoms with Crippen molar-refractivity contribution in [3.05, 3.63) is 33.9 Å². The van der Waals surface area contributed by atoms with Crippen LogP contribution in [0.5, 0.6) is 5.75 Å². The molecule has 1 fully saturated rings. The standard InChI is InChI=1S/C18H26N2O4S/c1-12(2)13(3)19(15-6-7-15)18(21)11-25-10-14-5-8-17(24-4)16(9-14)20(22)23/h5,8-9,12-13,15H,6-7,10-11H2,1-4H3. The monoisotopic (exact) mass is 366 g/mol. The molecule has 0 bridgehead atoms. The Balaban J connectivity index is 1.94. The molecule has 0 aromatic heterocycles. The molecule has 0 heterocycles. The van der Waals surface area contributed by atoms with Crippen LogP contribution in [0.4, 0.5) is 5.69 Å². The Labute approximate surface area is 153 Å². The Hall–Kier alpha value is -1.76. The summed E-state index contributed by atoms with van der Waals surface area (Å²) in [6.07, 6.45) is 2.19. The summed E-state index contributed by atoms with van der Waals surface area (Å²) in [7, 11) is 1.41. The highest BCUT2D eigenvalue weighted by atomic mass is 32.2. The smallest absolute Gasteiger partial charge is 0.311 e. The number of hydrogen-bond donors (Lipinski definition) is 0. The van der Waals surface area contributed by atoms with Crippen molar-refractivity contribution < 1.29 is 14.5 Å². The molecule has 6 nitrogen and oxygen atoms in total. The van der Waals surface area contributed by atoms with Crippen LogP contribution in [0.3, 0.4) is 0 Å². The molecule has 1 atom stereocenters. The lowest BCUT2D eigenvalue weighted by atomic mass is 10.0. The Bertz CT molecular complexity index is 632. The second-order valence-corrected chi connectivity index (χ2v) is 7.76. The number of methoxy groups -OCH3 is 1. The number of benzene rings is 1. The topological polar surface area (TPSA) is 72.7 Å². The number of nitrogens with zero attached hydrogens (tertiary/aromatic N) is 2. The van der Waals surface area contributed by atoms with Gasteiger partial charge in [0.15, 0.2) is 5.75 Å². The fraction of sp³-hybridized carbons (Fsp3) is 0.611. The Kier molecular flexibility index (Phi) is 6.70. The van der Waals surface area contributed by atoms with E-state index in [9.17, 15) is 14.9 Å². The van der Waals surface area contributed by atoms with Crippen molar-refractivity contribution in [2.45, 2.75) is 51.4 Å². The summed E-state index contributed by atoms with van der Waals surface area (Å²) in [4.78, 5) is 25.3. The summed E-state index contributed by atoms with van der Waals surface area (Å²) in [6, 6.07) is 5.56. The average molecular weight is 366 g/mol. The van der Waals surface area contributed by atoms with E-state index in [1.165, 1.54) is 24.9 Å². The third kappa shape index (κ3) is 5.11. The van der Waals surface area contributed by atoms with Crippen LogP contribution < -0.4 is 4.74 Å². The Morgan fingerprint density at radius 1 is 1.40 bits per heavy atom. The number of nitro benzene ring substituents is 1. The molecule has 0 N–H and O–H groups in total. The minimum absolute atomic E-state index is 0.0417. The van der Waals surface area contributed by atoms with Crippen molar-refractivity contribution in [3.63, 3.8) is 0 Å². The first kappa shape index (κ1) is 19.6. The predicted molar refractivity (Wildman–Crippen MR) is 100.0 cm³/mol. The van der Waals surface area contributed by atoms with E-state index in [4.69, 9.17) is 4.74 Å². The highest BCUT2D eigenvalue weighted by Crippen LogP contribution is 2.32. The molecule has 138 valence electrons. The van der Waals surface area contributed by atoms with Crippen LogP contribution in [0.1, 0.15) is 39.2 Å². The average Bonchev–Trinajstić information content (AvgIpc) is 3.39. The summed E-state index contributed by atoms with van der Waals surface area (Å²) in [5.74, 6) is 1.80. The third-order valence-corrected chi connectivity index (χ3v) is 5.55. The molecule has 2 rings (SSSR count). The number of carbonyl (C=O) groups excluding carboxylic acids is 1. The molecule has 1 aliphatic rings. The molecule has 0 aliphatic heterocycles. The van der Waals surface area contributed by atoms with Gasteiger partial charge < -0.3 is 9.64 Å². The second kappa shape index (κ2) is 8.56. The maximum absolute atomic E-state index is 12.6. The minimum Gasteiger partial charge on any atom is -0.490 e. The first-order chi connectivity index (χ1) is 11.8. The van der Waals surface area contributed by atoms with Crippen molar-refractivity contribution in [1.82, 2.24) is 4.90 Å². The zero-order chi connectivity index (χ0) is 18.6. The third-order valence-electron chi connectivity index (χ3n) is 4.57. The fourth-order valence-electron chi connectivity index (χ4n) is 2.74. The Morgan fingerprint density at radius 3 is 2.60 bits per heavy atom. The zero-order valence-corrected chi connectivity index (χ0v) is 16.0. The molecule has 7 heteroatoms. The van der Waals surface area contributed by atoms with Gasteiger partial charge in [0.05, 0.1) is 17.8 Å². The molecule has 0 saturated heterocycles. The maximum Gasteiger partial charge on any atom is 0.311 e. The molecule has 1 amide bonds.